The minimum absolute atomic E-state index is 0.0780. The van der Waals surface area contributed by atoms with Crippen molar-refractivity contribution in [1.82, 2.24) is 10.5 Å². The van der Waals surface area contributed by atoms with Crippen LogP contribution in [-0.4, -0.2) is 28.2 Å². The Morgan fingerprint density at radius 1 is 1.16 bits per heavy atom. The first kappa shape index (κ1) is 18.0. The van der Waals surface area contributed by atoms with E-state index in [4.69, 9.17) is 9.63 Å². The molecule has 3 rings (SSSR count). The summed E-state index contributed by atoms with van der Waals surface area (Å²) in [5.41, 5.74) is 1.34. The van der Waals surface area contributed by atoms with Crippen LogP contribution >= 0.6 is 0 Å². The van der Waals surface area contributed by atoms with Crippen molar-refractivity contribution in [3.63, 3.8) is 0 Å². The monoisotopic (exact) mass is 348 g/mol. The van der Waals surface area contributed by atoms with Gasteiger partial charge in [-0.3, -0.25) is 9.59 Å². The molecule has 0 bridgehead atoms. The molecule has 0 aromatic carbocycles. The Labute approximate surface area is 148 Å². The van der Waals surface area contributed by atoms with Gasteiger partial charge in [0.25, 0.3) is 5.91 Å². The predicted octanol–water partition coefficient (Wildman–Crippen LogP) is 3.49. The van der Waals surface area contributed by atoms with Crippen LogP contribution in [0.25, 0.3) is 0 Å². The number of carboxylic acid groups (broad SMARTS) is 1. The van der Waals surface area contributed by atoms with Crippen LogP contribution in [0.5, 0.6) is 0 Å². The highest BCUT2D eigenvalue weighted by molar-refractivity contribution is 5.94. The molecule has 1 atom stereocenters. The molecular weight excluding hydrogens is 320 g/mol. The fourth-order valence-electron chi connectivity index (χ4n) is 4.19. The summed E-state index contributed by atoms with van der Waals surface area (Å²) in [4.78, 5) is 23.7. The third-order valence-electron chi connectivity index (χ3n) is 5.55. The Balaban J connectivity index is 1.64. The molecule has 1 fully saturated rings. The second kappa shape index (κ2) is 8.50. The molecule has 0 aliphatic heterocycles. The van der Waals surface area contributed by atoms with Crippen molar-refractivity contribution >= 4 is 11.9 Å². The first-order chi connectivity index (χ1) is 12.1. The van der Waals surface area contributed by atoms with Crippen LogP contribution in [0.15, 0.2) is 4.52 Å². The van der Waals surface area contributed by atoms with Gasteiger partial charge in [0.05, 0.1) is 0 Å². The van der Waals surface area contributed by atoms with E-state index in [0.717, 1.165) is 43.4 Å². The van der Waals surface area contributed by atoms with E-state index >= 15 is 0 Å². The third kappa shape index (κ3) is 4.83. The van der Waals surface area contributed by atoms with Crippen molar-refractivity contribution in [1.29, 1.82) is 0 Å². The summed E-state index contributed by atoms with van der Waals surface area (Å²) in [5, 5.41) is 16.0. The number of fused-ring (bicyclic) bond motifs is 1. The molecule has 0 radical (unpaired) electrons. The summed E-state index contributed by atoms with van der Waals surface area (Å²) in [6.45, 7) is 0. The molecule has 0 saturated heterocycles. The molecule has 1 unspecified atom stereocenters. The summed E-state index contributed by atoms with van der Waals surface area (Å²) in [7, 11) is 0. The van der Waals surface area contributed by atoms with E-state index in [1.165, 1.54) is 32.1 Å². The predicted molar refractivity (Wildman–Crippen MR) is 92.5 cm³/mol. The lowest BCUT2D eigenvalue weighted by Gasteiger charge is -2.27. The van der Waals surface area contributed by atoms with Crippen molar-refractivity contribution in [3.05, 3.63) is 17.0 Å². The fourth-order valence-corrected chi connectivity index (χ4v) is 4.19. The molecule has 138 valence electrons. The lowest BCUT2D eigenvalue weighted by Crippen LogP contribution is -2.37. The number of hydrogen-bond acceptors (Lipinski definition) is 4. The van der Waals surface area contributed by atoms with Gasteiger partial charge in [0, 0.05) is 24.4 Å². The molecule has 2 aliphatic rings. The summed E-state index contributed by atoms with van der Waals surface area (Å²) in [6.07, 6.45) is 11.3. The Morgan fingerprint density at radius 3 is 2.68 bits per heavy atom. The zero-order valence-electron chi connectivity index (χ0n) is 14.8. The SMILES string of the molecule is O=C(O)CCC(CC1CCCCC1)NC(=O)c1noc2c1CCCC2. The highest BCUT2D eigenvalue weighted by atomic mass is 16.5. The van der Waals surface area contributed by atoms with Gasteiger partial charge in [-0.05, 0) is 38.0 Å². The number of nitrogens with one attached hydrogen (secondary N) is 1. The largest absolute Gasteiger partial charge is 0.481 e. The molecule has 2 N–H and O–H groups in total. The van der Waals surface area contributed by atoms with Gasteiger partial charge in [0.2, 0.25) is 0 Å². The number of amides is 1. The topological polar surface area (TPSA) is 92.4 Å². The van der Waals surface area contributed by atoms with Crippen molar-refractivity contribution in [2.24, 2.45) is 5.92 Å². The number of carboxylic acids is 1. The van der Waals surface area contributed by atoms with Gasteiger partial charge in [0.1, 0.15) is 5.76 Å². The maximum atomic E-state index is 12.7. The minimum atomic E-state index is -0.818. The smallest absolute Gasteiger partial charge is 0.303 e. The second-order valence-corrected chi connectivity index (χ2v) is 7.48. The van der Waals surface area contributed by atoms with Crippen molar-refractivity contribution in [3.8, 4) is 0 Å². The van der Waals surface area contributed by atoms with Crippen molar-refractivity contribution in [2.45, 2.75) is 83.1 Å². The molecule has 6 nitrogen and oxygen atoms in total. The van der Waals surface area contributed by atoms with Crippen LogP contribution in [0.1, 0.15) is 86.0 Å². The number of aryl methyl sites for hydroxylation is 1. The van der Waals surface area contributed by atoms with Crippen LogP contribution in [0.2, 0.25) is 0 Å². The van der Waals surface area contributed by atoms with Crippen molar-refractivity contribution in [2.75, 3.05) is 0 Å². The number of nitrogens with zero attached hydrogens (tertiary/aromatic N) is 1. The van der Waals surface area contributed by atoms with E-state index in [1.54, 1.807) is 0 Å². The van der Waals surface area contributed by atoms with Crippen molar-refractivity contribution < 1.29 is 19.2 Å². The Bertz CT molecular complexity index is 605. The maximum Gasteiger partial charge on any atom is 0.303 e. The van der Waals surface area contributed by atoms with E-state index in [1.807, 2.05) is 0 Å². The summed E-state index contributed by atoms with van der Waals surface area (Å²) < 4.78 is 5.33. The van der Waals surface area contributed by atoms with Crippen LogP contribution in [0.3, 0.4) is 0 Å². The van der Waals surface area contributed by atoms with Gasteiger partial charge in [-0.15, -0.1) is 0 Å². The second-order valence-electron chi connectivity index (χ2n) is 7.48. The molecule has 1 aromatic rings. The molecule has 1 amide bonds. The maximum absolute atomic E-state index is 12.7. The molecule has 1 aromatic heterocycles. The van der Waals surface area contributed by atoms with Gasteiger partial charge in [-0.25, -0.2) is 0 Å². The molecule has 2 aliphatic carbocycles. The Kier molecular flexibility index (Phi) is 6.10. The van der Waals surface area contributed by atoms with Gasteiger partial charge in [-0.1, -0.05) is 37.3 Å². The summed E-state index contributed by atoms with van der Waals surface area (Å²) in [5.74, 6) is 0.393. The lowest BCUT2D eigenvalue weighted by molar-refractivity contribution is -0.137. The number of aromatic nitrogens is 1. The first-order valence-electron chi connectivity index (χ1n) is 9.63. The van der Waals surface area contributed by atoms with Gasteiger partial charge >= 0.3 is 5.97 Å². The third-order valence-corrected chi connectivity index (χ3v) is 5.55. The number of carbonyl (C=O) groups excluding carboxylic acids is 1. The molecular formula is C19H28N2O4. The van der Waals surface area contributed by atoms with E-state index in [-0.39, 0.29) is 18.4 Å². The number of rotatable bonds is 7. The average molecular weight is 348 g/mol. The first-order valence-corrected chi connectivity index (χ1v) is 9.63. The molecule has 0 spiro atoms. The number of hydrogen-bond donors (Lipinski definition) is 2. The number of aliphatic carboxylic acids is 1. The lowest BCUT2D eigenvalue weighted by atomic mass is 9.84. The van der Waals surface area contributed by atoms with E-state index in [2.05, 4.69) is 10.5 Å². The summed E-state index contributed by atoms with van der Waals surface area (Å²) in [6, 6.07) is -0.109. The standard InChI is InChI=1S/C19H28N2O4/c22-17(23)11-10-14(12-13-6-2-1-3-7-13)20-19(24)18-15-8-4-5-9-16(15)25-21-18/h13-14H,1-12H2,(H,20,24)(H,22,23). The normalized spacial score (nSPS) is 19.2. The highest BCUT2D eigenvalue weighted by Crippen LogP contribution is 2.29. The number of carbonyl (C=O) groups is 2. The van der Waals surface area contributed by atoms with Crippen LogP contribution in [0.4, 0.5) is 0 Å². The quantitative estimate of drug-likeness (QED) is 0.787. The van der Waals surface area contributed by atoms with Crippen LogP contribution in [-0.2, 0) is 17.6 Å². The molecule has 1 saturated carbocycles. The Hall–Kier alpha value is -1.85. The van der Waals surface area contributed by atoms with E-state index < -0.39 is 5.97 Å². The van der Waals surface area contributed by atoms with Crippen LogP contribution < -0.4 is 5.32 Å². The average Bonchev–Trinajstić information content (AvgIpc) is 3.04. The molecule has 6 heteroatoms. The van der Waals surface area contributed by atoms with E-state index in [9.17, 15) is 9.59 Å². The van der Waals surface area contributed by atoms with Gasteiger partial charge in [0.15, 0.2) is 5.69 Å². The molecule has 25 heavy (non-hydrogen) atoms. The summed E-state index contributed by atoms with van der Waals surface area (Å²) >= 11 is 0. The van der Waals surface area contributed by atoms with E-state index in [0.29, 0.717) is 18.0 Å². The van der Waals surface area contributed by atoms with Gasteiger partial charge in [-0.2, -0.15) is 0 Å². The molecule has 1 heterocycles. The fraction of sp³-hybridized carbons (Fsp3) is 0.737. The van der Waals surface area contributed by atoms with Crippen LogP contribution in [0, 0.1) is 5.92 Å². The Morgan fingerprint density at radius 2 is 1.92 bits per heavy atom. The van der Waals surface area contributed by atoms with Gasteiger partial charge < -0.3 is 14.9 Å². The zero-order valence-corrected chi connectivity index (χ0v) is 14.8. The minimum Gasteiger partial charge on any atom is -0.481 e. The zero-order chi connectivity index (χ0) is 17.6. The highest BCUT2D eigenvalue weighted by Gasteiger charge is 2.27.